The molecule has 0 radical (unpaired) electrons. The summed E-state index contributed by atoms with van der Waals surface area (Å²) >= 11 is 2.22. The van der Waals surface area contributed by atoms with E-state index in [9.17, 15) is 0 Å². The van der Waals surface area contributed by atoms with Crippen LogP contribution in [0.1, 0.15) is 51.4 Å². The summed E-state index contributed by atoms with van der Waals surface area (Å²) in [4.78, 5) is 0. The van der Waals surface area contributed by atoms with Gasteiger partial charge in [0, 0.05) is 6.04 Å². The third-order valence-corrected chi connectivity index (χ3v) is 5.72. The van der Waals surface area contributed by atoms with E-state index in [1.165, 1.54) is 62.9 Å². The quantitative estimate of drug-likeness (QED) is 0.712. The van der Waals surface area contributed by atoms with Crippen LogP contribution in [0.5, 0.6) is 0 Å². The van der Waals surface area contributed by atoms with E-state index in [0.29, 0.717) is 0 Å². The lowest BCUT2D eigenvalue weighted by Crippen LogP contribution is -2.29. The third kappa shape index (κ3) is 3.66. The van der Waals surface area contributed by atoms with Crippen LogP contribution in [-0.4, -0.2) is 24.6 Å². The zero-order valence-electron chi connectivity index (χ0n) is 10.7. The van der Waals surface area contributed by atoms with Crippen LogP contribution in [0.25, 0.3) is 0 Å². The van der Waals surface area contributed by atoms with E-state index in [2.05, 4.69) is 24.1 Å². The minimum absolute atomic E-state index is 0.826. The highest BCUT2D eigenvalue weighted by atomic mass is 32.2. The van der Waals surface area contributed by atoms with Gasteiger partial charge in [-0.15, -0.1) is 0 Å². The number of thioether (sulfide) groups is 1. The van der Waals surface area contributed by atoms with Gasteiger partial charge in [0.15, 0.2) is 0 Å². The van der Waals surface area contributed by atoms with Gasteiger partial charge in [0.25, 0.3) is 0 Å². The fourth-order valence-electron chi connectivity index (χ4n) is 3.42. The normalized spacial score (nSPS) is 31.3. The second-order valence-electron chi connectivity index (χ2n) is 5.60. The Morgan fingerprint density at radius 1 is 1.06 bits per heavy atom. The Morgan fingerprint density at radius 2 is 1.88 bits per heavy atom. The van der Waals surface area contributed by atoms with Gasteiger partial charge in [0.2, 0.25) is 0 Å². The van der Waals surface area contributed by atoms with Crippen molar-refractivity contribution in [3.8, 4) is 0 Å². The lowest BCUT2D eigenvalue weighted by atomic mass is 10.0. The summed E-state index contributed by atoms with van der Waals surface area (Å²) in [6, 6.07) is 0.826. The minimum Gasteiger partial charge on any atom is -0.317 e. The summed E-state index contributed by atoms with van der Waals surface area (Å²) in [7, 11) is 2.13. The van der Waals surface area contributed by atoms with Gasteiger partial charge >= 0.3 is 0 Å². The van der Waals surface area contributed by atoms with Gasteiger partial charge in [-0.05, 0) is 62.5 Å². The first-order valence-corrected chi connectivity index (χ1v) is 8.30. The highest BCUT2D eigenvalue weighted by molar-refractivity contribution is 7.99. The van der Waals surface area contributed by atoms with E-state index in [-0.39, 0.29) is 0 Å². The van der Waals surface area contributed by atoms with Gasteiger partial charge in [0.1, 0.15) is 0 Å². The average molecular weight is 241 g/mol. The monoisotopic (exact) mass is 241 g/mol. The standard InChI is InChI=1S/C14H27NS/c1-15-14-8-4-7-13(14)9-10-16-11-12-5-2-3-6-12/h12-15H,2-11H2,1H3. The van der Waals surface area contributed by atoms with Gasteiger partial charge in [-0.1, -0.05) is 19.3 Å². The Labute approximate surface area is 105 Å². The maximum Gasteiger partial charge on any atom is 0.00926 e. The summed E-state index contributed by atoms with van der Waals surface area (Å²) in [6.45, 7) is 0. The predicted octanol–water partition coefficient (Wildman–Crippen LogP) is 3.69. The molecule has 0 aliphatic heterocycles. The van der Waals surface area contributed by atoms with Crippen LogP contribution in [0.3, 0.4) is 0 Å². The molecule has 0 aromatic heterocycles. The van der Waals surface area contributed by atoms with Crippen LogP contribution in [0, 0.1) is 11.8 Å². The molecule has 2 unspecified atom stereocenters. The molecule has 2 fully saturated rings. The van der Waals surface area contributed by atoms with Crippen molar-refractivity contribution in [2.24, 2.45) is 11.8 Å². The Hall–Kier alpha value is 0.310. The van der Waals surface area contributed by atoms with E-state index in [1.54, 1.807) is 0 Å². The van der Waals surface area contributed by atoms with Crippen molar-refractivity contribution in [1.29, 1.82) is 0 Å². The summed E-state index contributed by atoms with van der Waals surface area (Å²) in [6.07, 6.45) is 11.8. The van der Waals surface area contributed by atoms with Gasteiger partial charge in [0.05, 0.1) is 0 Å². The number of hydrogen-bond acceptors (Lipinski definition) is 2. The zero-order chi connectivity index (χ0) is 11.2. The van der Waals surface area contributed by atoms with Crippen molar-refractivity contribution in [3.05, 3.63) is 0 Å². The first-order valence-electron chi connectivity index (χ1n) is 7.15. The Bertz CT molecular complexity index is 189. The predicted molar refractivity (Wildman–Crippen MR) is 74.1 cm³/mol. The molecule has 0 aromatic rings. The highest BCUT2D eigenvalue weighted by Gasteiger charge is 2.25. The molecule has 1 N–H and O–H groups in total. The summed E-state index contributed by atoms with van der Waals surface area (Å²) in [5.74, 6) is 4.88. The van der Waals surface area contributed by atoms with Gasteiger partial charge in [-0.2, -0.15) is 11.8 Å². The number of nitrogens with one attached hydrogen (secondary N) is 1. The molecule has 1 nitrogen and oxygen atoms in total. The lowest BCUT2D eigenvalue weighted by molar-refractivity contribution is 0.417. The maximum atomic E-state index is 3.49. The highest BCUT2D eigenvalue weighted by Crippen LogP contribution is 2.31. The molecule has 2 heteroatoms. The molecule has 2 aliphatic rings. The molecule has 0 saturated heterocycles. The molecule has 2 saturated carbocycles. The van der Waals surface area contributed by atoms with Crippen LogP contribution in [-0.2, 0) is 0 Å². The fourth-order valence-corrected chi connectivity index (χ4v) is 4.73. The molecule has 0 spiro atoms. The van der Waals surface area contributed by atoms with Crippen molar-refractivity contribution in [2.45, 2.75) is 57.4 Å². The molecule has 2 aliphatic carbocycles. The van der Waals surface area contributed by atoms with Crippen molar-refractivity contribution in [3.63, 3.8) is 0 Å². The largest absolute Gasteiger partial charge is 0.317 e. The smallest absolute Gasteiger partial charge is 0.00926 e. The van der Waals surface area contributed by atoms with Crippen molar-refractivity contribution < 1.29 is 0 Å². The second-order valence-corrected chi connectivity index (χ2v) is 6.75. The lowest BCUT2D eigenvalue weighted by Gasteiger charge is -2.18. The molecular weight excluding hydrogens is 214 g/mol. The van der Waals surface area contributed by atoms with Crippen LogP contribution in [0.2, 0.25) is 0 Å². The summed E-state index contributed by atoms with van der Waals surface area (Å²) in [5, 5.41) is 3.49. The topological polar surface area (TPSA) is 12.0 Å². The molecule has 94 valence electrons. The first-order chi connectivity index (χ1) is 7.90. The fraction of sp³-hybridized carbons (Fsp3) is 1.00. The van der Waals surface area contributed by atoms with Crippen LogP contribution in [0.15, 0.2) is 0 Å². The van der Waals surface area contributed by atoms with Crippen LogP contribution >= 0.6 is 11.8 Å². The Morgan fingerprint density at radius 3 is 2.62 bits per heavy atom. The Balaban J connectivity index is 1.53. The van der Waals surface area contributed by atoms with E-state index < -0.39 is 0 Å². The van der Waals surface area contributed by atoms with Gasteiger partial charge < -0.3 is 5.32 Å². The molecule has 16 heavy (non-hydrogen) atoms. The SMILES string of the molecule is CNC1CCCC1CCSCC1CCCC1. The third-order valence-electron chi connectivity index (χ3n) is 4.49. The minimum atomic E-state index is 0.826. The summed E-state index contributed by atoms with van der Waals surface area (Å²) in [5.41, 5.74) is 0. The molecule has 0 bridgehead atoms. The van der Waals surface area contributed by atoms with E-state index in [4.69, 9.17) is 0 Å². The van der Waals surface area contributed by atoms with E-state index >= 15 is 0 Å². The van der Waals surface area contributed by atoms with Crippen LogP contribution in [0.4, 0.5) is 0 Å². The maximum absolute atomic E-state index is 3.49. The molecule has 2 atom stereocenters. The zero-order valence-corrected chi connectivity index (χ0v) is 11.5. The molecule has 0 amide bonds. The molecule has 0 heterocycles. The molecule has 2 rings (SSSR count). The van der Waals surface area contributed by atoms with Crippen molar-refractivity contribution >= 4 is 11.8 Å². The van der Waals surface area contributed by atoms with E-state index in [1.807, 2.05) is 0 Å². The van der Waals surface area contributed by atoms with Gasteiger partial charge in [-0.3, -0.25) is 0 Å². The number of hydrogen-bond donors (Lipinski definition) is 1. The van der Waals surface area contributed by atoms with Crippen molar-refractivity contribution in [1.82, 2.24) is 5.32 Å². The van der Waals surface area contributed by atoms with Gasteiger partial charge in [-0.25, -0.2) is 0 Å². The molecule has 0 aromatic carbocycles. The Kier molecular flexibility index (Phi) is 5.51. The van der Waals surface area contributed by atoms with E-state index in [0.717, 1.165) is 17.9 Å². The van der Waals surface area contributed by atoms with Crippen molar-refractivity contribution in [2.75, 3.05) is 18.6 Å². The second kappa shape index (κ2) is 6.90. The average Bonchev–Trinajstić information content (AvgIpc) is 2.95. The number of rotatable bonds is 6. The molecular formula is C14H27NS. The van der Waals surface area contributed by atoms with Crippen LogP contribution < -0.4 is 5.32 Å². The first kappa shape index (κ1) is 12.8. The summed E-state index contributed by atoms with van der Waals surface area (Å²) < 4.78 is 0.